The van der Waals surface area contributed by atoms with Gasteiger partial charge in [0.1, 0.15) is 72.7 Å². The Morgan fingerprint density at radius 2 is 0.459 bits per heavy atom. The number of halogens is 6. The van der Waals surface area contributed by atoms with Gasteiger partial charge in [-0.25, -0.2) is 55.1 Å². The van der Waals surface area contributed by atoms with E-state index < -0.39 is 96.6 Å². The van der Waals surface area contributed by atoms with Gasteiger partial charge in [0, 0.05) is 62.6 Å². The van der Waals surface area contributed by atoms with E-state index in [4.69, 9.17) is 50.2 Å². The molecule has 0 unspecified atom stereocenters. The molecule has 12 aliphatic heterocycles. The molecular weight excluding hydrogens is 1780 g/mol. The Morgan fingerprint density at radius 1 is 0.259 bits per heavy atom. The standard InChI is InChI=1S/C18H19FN2O4.C17H17FN2O4.2C16H15FN2O4.C15H13FN2O4.C12H7FN2O3/c1-2-3-4-5-6-7-24-15-10-14-11(9-13(15)19)8-12-16(22)20-18(23)21-17(12)25-14;1-2-3-4-5-6-23-14-9-13-10(8-12(14)18)7-11-15(21)19-17(22)20-16(11)24-13;1-8(2)3-4-22-13-7-12-9(6-11(13)17)5-10-14(20)18-16(21)19-15(10)23-12;1-2-3-4-5-22-13-8-12-9(7-11(13)17)6-10-14(20)18-16(21)19-15(10)23-12;1-2-3-4-21-12-7-11-8(6-10(12)16)5-9-13(19)17-15(20)18-14(9)22-11;1-5-2-9-6(4-8(5)13)3-7-10(16)14-12(17)15-11(7)18-9/h8-10H,2-7H2,1H3,(H,20,22,23);7-9H,2-6H2,1H3,(H,19,21,22);5-8H,3-4H2,1-2H3,(H,18,20,21);6-8H,2-5H2,1H3,(H,18,20,21);5-7H,2-4H2,1H3,(H,17,19,20);2-4H,1H3,(H,14,16,17). The van der Waals surface area contributed by atoms with Crippen molar-refractivity contribution in [2.75, 3.05) is 33.0 Å². The van der Waals surface area contributed by atoms with E-state index in [2.05, 4.69) is 55.7 Å². The number of nitrogens with zero attached hydrogens (tertiary/aromatic N) is 6. The largest absolute Gasteiger partial charge is 0.490 e. The first-order valence-electron chi connectivity index (χ1n) is 43.0. The lowest BCUT2D eigenvalue weighted by Gasteiger charge is -2.10. The number of aryl methyl sites for hydroxylation is 1. The van der Waals surface area contributed by atoms with Crippen LogP contribution in [0.25, 0.3) is 135 Å². The molecule has 6 N–H and O–H groups in total. The maximum atomic E-state index is 14.2. The van der Waals surface area contributed by atoms with E-state index in [-0.39, 0.29) is 114 Å². The van der Waals surface area contributed by atoms with E-state index in [1.807, 2.05) is 45.7 Å². The first kappa shape index (κ1) is 96.6. The summed E-state index contributed by atoms with van der Waals surface area (Å²) in [6.07, 6.45) is 14.9. The van der Waals surface area contributed by atoms with Gasteiger partial charge in [-0.2, -0.15) is 29.9 Å². The van der Waals surface area contributed by atoms with Crippen LogP contribution >= 0.6 is 0 Å². The van der Waals surface area contributed by atoms with Crippen LogP contribution < -0.4 is 91.2 Å². The SMILES string of the molecule is CC(C)CCOc1cc2oc3nc(=O)[nH]c(=O)c-3cc2cc1F.CCCCCCCOc1cc2oc3nc(=O)[nH]c(=O)c-3cc2cc1F.CCCCCCOc1cc2oc3nc(=O)[nH]c(=O)c-3cc2cc1F.CCCCCOc1cc2oc3nc(=O)[nH]c(=O)c-3cc2cc1F.CCCCOc1cc2oc3nc(=O)[nH]c(=O)c-3cc2cc1F.Cc1cc2oc3nc(=O)[nH]c(=O)c-3cc2cc1F. The van der Waals surface area contributed by atoms with Gasteiger partial charge in [0.15, 0.2) is 57.8 Å². The van der Waals surface area contributed by atoms with Crippen molar-refractivity contribution in [2.24, 2.45) is 5.92 Å². The quantitative estimate of drug-likeness (QED) is 0.0167. The molecule has 0 spiro atoms. The third-order valence-electron chi connectivity index (χ3n) is 20.5. The van der Waals surface area contributed by atoms with Crippen LogP contribution in [0.3, 0.4) is 0 Å². The lowest BCUT2D eigenvalue weighted by Crippen LogP contribution is -2.24. The lowest BCUT2D eigenvalue weighted by atomic mass is 10.1. The number of unbranched alkanes of at least 4 members (excludes halogenated alkanes) is 10. The summed E-state index contributed by atoms with van der Waals surface area (Å²) >= 11 is 0. The molecule has 0 fully saturated rings. The summed E-state index contributed by atoms with van der Waals surface area (Å²) in [7, 11) is 0. The molecule has 0 aromatic heterocycles. The maximum absolute atomic E-state index is 14.2. The molecule has 18 rings (SSSR count). The number of H-pyrrole nitrogens is 6. The Morgan fingerprint density at radius 3 is 0.704 bits per heavy atom. The minimum atomic E-state index is -0.791. The second-order valence-corrected chi connectivity index (χ2v) is 31.2. The molecule has 12 aliphatic rings. The van der Waals surface area contributed by atoms with Crippen molar-refractivity contribution >= 4 is 65.8 Å². The zero-order chi connectivity index (χ0) is 96.4. The van der Waals surface area contributed by atoms with E-state index in [9.17, 15) is 83.9 Å². The number of hydrogen-bond donors (Lipinski definition) is 6. The van der Waals surface area contributed by atoms with Crippen molar-refractivity contribution in [1.82, 2.24) is 59.8 Å². The molecule has 12 heterocycles. The Hall–Kier alpha value is -16.0. The van der Waals surface area contributed by atoms with E-state index in [0.717, 1.165) is 89.9 Å². The number of nitrogens with one attached hydrogen (secondary N) is 6. The second kappa shape index (κ2) is 43.8. The molecule has 0 bridgehead atoms. The van der Waals surface area contributed by atoms with Gasteiger partial charge in [-0.05, 0) is 129 Å². The third kappa shape index (κ3) is 24.2. The monoisotopic (exact) mass is 1860 g/mol. The van der Waals surface area contributed by atoms with Gasteiger partial charge in [0.05, 0.1) is 33.0 Å². The van der Waals surface area contributed by atoms with Gasteiger partial charge in [-0.1, -0.05) is 106 Å². The molecule has 41 heteroatoms. The fourth-order valence-corrected chi connectivity index (χ4v) is 13.5. The summed E-state index contributed by atoms with van der Waals surface area (Å²) < 4.78 is 144. The van der Waals surface area contributed by atoms with Crippen LogP contribution in [0.4, 0.5) is 26.3 Å². The van der Waals surface area contributed by atoms with Crippen LogP contribution in [-0.2, 0) is 0 Å². The summed E-state index contributed by atoms with van der Waals surface area (Å²) in [6.45, 7) is 16.0. The molecule has 35 nitrogen and oxygen atoms in total. The minimum Gasteiger partial charge on any atom is -0.490 e. The normalized spacial score (nSPS) is 11.3. The van der Waals surface area contributed by atoms with E-state index >= 15 is 0 Å². The Balaban J connectivity index is 0.000000137. The first-order chi connectivity index (χ1) is 64.8. The van der Waals surface area contributed by atoms with Crippen LogP contribution in [0, 0.1) is 47.7 Å². The number of aromatic nitrogens is 12. The molecular formula is C94H86F6N12O23. The second-order valence-electron chi connectivity index (χ2n) is 31.2. The van der Waals surface area contributed by atoms with Crippen molar-refractivity contribution < 1.29 is 76.5 Å². The highest BCUT2D eigenvalue weighted by Crippen LogP contribution is 2.36. The molecule has 6 aromatic carbocycles. The zero-order valence-corrected chi connectivity index (χ0v) is 73.5. The molecule has 702 valence electrons. The fourth-order valence-electron chi connectivity index (χ4n) is 13.5. The van der Waals surface area contributed by atoms with Crippen LogP contribution in [-0.4, -0.2) is 92.8 Å². The highest BCUT2D eigenvalue weighted by Gasteiger charge is 2.24. The molecule has 0 atom stereocenters. The Bertz CT molecular complexity index is 7940. The van der Waals surface area contributed by atoms with Crippen molar-refractivity contribution in [3.8, 4) is 97.5 Å². The molecule has 6 aromatic rings. The van der Waals surface area contributed by atoms with Gasteiger partial charge in [0.25, 0.3) is 33.4 Å². The minimum absolute atomic E-state index is 0.0535. The zero-order valence-electron chi connectivity index (χ0n) is 73.5. The third-order valence-corrected chi connectivity index (χ3v) is 20.5. The summed E-state index contributed by atoms with van der Waals surface area (Å²) in [5.41, 5.74) is -5.58. The summed E-state index contributed by atoms with van der Waals surface area (Å²) in [5.74, 6) is -2.75. The van der Waals surface area contributed by atoms with Crippen LogP contribution in [0.2, 0.25) is 0 Å². The van der Waals surface area contributed by atoms with E-state index in [1.54, 1.807) is 6.92 Å². The summed E-state index contributed by atoms with van der Waals surface area (Å²) in [4.78, 5) is 171. The smallest absolute Gasteiger partial charge is 0.351 e. The molecule has 0 amide bonds. The molecule has 0 aliphatic carbocycles. The van der Waals surface area contributed by atoms with E-state index in [0.29, 0.717) is 99.2 Å². The number of aromatic amines is 6. The van der Waals surface area contributed by atoms with E-state index in [1.165, 1.54) is 116 Å². The molecule has 0 saturated carbocycles. The predicted octanol–water partition coefficient (Wildman–Crippen LogP) is 15.5. The highest BCUT2D eigenvalue weighted by atomic mass is 19.1. The van der Waals surface area contributed by atoms with Gasteiger partial charge >= 0.3 is 34.1 Å². The van der Waals surface area contributed by atoms with Gasteiger partial charge in [-0.15, -0.1) is 0 Å². The number of rotatable bonds is 26. The van der Waals surface area contributed by atoms with Crippen molar-refractivity contribution in [3.05, 3.63) is 275 Å². The van der Waals surface area contributed by atoms with Crippen LogP contribution in [0.5, 0.6) is 28.7 Å². The molecule has 135 heavy (non-hydrogen) atoms. The first-order valence-corrected chi connectivity index (χ1v) is 43.0. The lowest BCUT2D eigenvalue weighted by molar-refractivity contribution is 0.277. The number of fused-ring (bicyclic) bond motifs is 12. The van der Waals surface area contributed by atoms with Crippen molar-refractivity contribution in [1.29, 1.82) is 0 Å². The van der Waals surface area contributed by atoms with Gasteiger partial charge in [0.2, 0.25) is 35.3 Å². The average Bonchev–Trinajstić information content (AvgIpc) is 0.864. The maximum Gasteiger partial charge on any atom is 0.351 e. The Kier molecular flexibility index (Phi) is 31.3. The van der Waals surface area contributed by atoms with Crippen molar-refractivity contribution in [3.63, 3.8) is 0 Å². The summed E-state index contributed by atoms with van der Waals surface area (Å²) in [5, 5.41) is 2.39. The topological polar surface area (TPSA) is 502 Å². The highest BCUT2D eigenvalue weighted by molar-refractivity contribution is 5.88. The van der Waals surface area contributed by atoms with Gasteiger partial charge < -0.3 is 50.2 Å². The van der Waals surface area contributed by atoms with Crippen LogP contribution in [0.15, 0.2) is 193 Å². The molecule has 0 saturated heterocycles. The average molecular weight is 1870 g/mol. The number of ether oxygens (including phenoxy) is 5. The number of hydrogen-bond acceptors (Lipinski definition) is 29. The molecule has 0 radical (unpaired) electrons. The Labute approximate surface area is 754 Å². The van der Waals surface area contributed by atoms with Crippen LogP contribution in [0.1, 0.15) is 143 Å². The predicted molar refractivity (Wildman–Crippen MR) is 484 cm³/mol. The summed E-state index contributed by atoms with van der Waals surface area (Å²) in [6, 6.07) is 24.6. The fraction of sp³-hybridized carbons (Fsp3) is 0.298. The van der Waals surface area contributed by atoms with Gasteiger partial charge in [-0.3, -0.25) is 58.7 Å². The number of benzene rings is 6. The van der Waals surface area contributed by atoms with Crippen molar-refractivity contribution in [2.45, 2.75) is 145 Å².